The Balaban J connectivity index is 2.47. The van der Waals surface area contributed by atoms with Crippen LogP contribution in [0.4, 0.5) is 5.69 Å². The van der Waals surface area contributed by atoms with E-state index in [4.69, 9.17) is 5.11 Å². The number of rotatable bonds is 3. The van der Waals surface area contributed by atoms with Gasteiger partial charge in [-0.05, 0) is 29.3 Å². The largest absolute Gasteiger partial charge is 0.477 e. The third-order valence-corrected chi connectivity index (χ3v) is 2.55. The van der Waals surface area contributed by atoms with Crippen molar-refractivity contribution < 1.29 is 14.8 Å². The Morgan fingerprint density at radius 1 is 1.21 bits per heavy atom. The van der Waals surface area contributed by atoms with E-state index in [1.165, 1.54) is 36.5 Å². The molecule has 1 heterocycles. The highest BCUT2D eigenvalue weighted by atomic mass is 16.6. The number of non-ortho nitro benzene ring substituents is 1. The summed E-state index contributed by atoms with van der Waals surface area (Å²) in [7, 11) is 0. The monoisotopic (exact) mass is 260 g/mol. The quantitative estimate of drug-likeness (QED) is 0.643. The van der Waals surface area contributed by atoms with Gasteiger partial charge in [0, 0.05) is 18.3 Å². The van der Waals surface area contributed by atoms with E-state index in [2.05, 4.69) is 4.98 Å². The minimum atomic E-state index is -1.33. The number of nitrogens with one attached hydrogen (secondary N) is 1. The third kappa shape index (κ3) is 2.49. The van der Waals surface area contributed by atoms with Crippen LogP contribution >= 0.6 is 0 Å². The zero-order valence-electron chi connectivity index (χ0n) is 9.49. The Morgan fingerprint density at radius 2 is 1.84 bits per heavy atom. The molecule has 19 heavy (non-hydrogen) atoms. The lowest BCUT2D eigenvalue weighted by Gasteiger charge is -2.02. The van der Waals surface area contributed by atoms with Gasteiger partial charge in [-0.2, -0.15) is 0 Å². The molecule has 1 aromatic heterocycles. The number of benzene rings is 1. The van der Waals surface area contributed by atoms with E-state index in [-0.39, 0.29) is 11.3 Å². The van der Waals surface area contributed by atoms with Gasteiger partial charge < -0.3 is 10.1 Å². The van der Waals surface area contributed by atoms with Crippen LogP contribution in [0.5, 0.6) is 0 Å². The summed E-state index contributed by atoms with van der Waals surface area (Å²) in [5.41, 5.74) is -0.100. The van der Waals surface area contributed by atoms with Crippen molar-refractivity contribution in [2.24, 2.45) is 0 Å². The van der Waals surface area contributed by atoms with Crippen LogP contribution in [0, 0.1) is 10.1 Å². The fourth-order valence-corrected chi connectivity index (χ4v) is 1.58. The maximum Gasteiger partial charge on any atom is 0.341 e. The number of aromatic carboxylic acids is 1. The number of H-pyrrole nitrogens is 1. The molecule has 0 spiro atoms. The van der Waals surface area contributed by atoms with Crippen LogP contribution in [0.25, 0.3) is 11.1 Å². The van der Waals surface area contributed by atoms with Gasteiger partial charge in [-0.15, -0.1) is 0 Å². The first-order chi connectivity index (χ1) is 8.99. The molecule has 7 nitrogen and oxygen atoms in total. The Morgan fingerprint density at radius 3 is 2.37 bits per heavy atom. The fourth-order valence-electron chi connectivity index (χ4n) is 1.58. The molecule has 2 rings (SSSR count). The van der Waals surface area contributed by atoms with Gasteiger partial charge in [-0.1, -0.05) is 0 Å². The SMILES string of the molecule is O=C(O)c1cc(-c2ccc([N+](=O)[O-])cc2)c[nH]c1=O. The number of carbonyl (C=O) groups is 1. The zero-order chi connectivity index (χ0) is 14.0. The van der Waals surface area contributed by atoms with Crippen molar-refractivity contribution >= 4 is 11.7 Å². The Hall–Kier alpha value is -2.96. The topological polar surface area (TPSA) is 113 Å². The van der Waals surface area contributed by atoms with Gasteiger partial charge in [0.05, 0.1) is 4.92 Å². The normalized spacial score (nSPS) is 10.1. The third-order valence-electron chi connectivity index (χ3n) is 2.55. The van der Waals surface area contributed by atoms with E-state index in [1.54, 1.807) is 0 Å². The van der Waals surface area contributed by atoms with Crippen LogP contribution in [0.15, 0.2) is 41.3 Å². The smallest absolute Gasteiger partial charge is 0.341 e. The van der Waals surface area contributed by atoms with Crippen molar-refractivity contribution in [3.63, 3.8) is 0 Å². The summed E-state index contributed by atoms with van der Waals surface area (Å²) in [6, 6.07) is 6.80. The fraction of sp³-hybridized carbons (Fsp3) is 0. The number of hydrogen-bond acceptors (Lipinski definition) is 4. The number of carboxylic acid groups (broad SMARTS) is 1. The lowest BCUT2D eigenvalue weighted by Crippen LogP contribution is -2.16. The van der Waals surface area contributed by atoms with E-state index in [0.29, 0.717) is 11.1 Å². The summed E-state index contributed by atoms with van der Waals surface area (Å²) in [6.45, 7) is 0. The van der Waals surface area contributed by atoms with Crippen molar-refractivity contribution in [2.75, 3.05) is 0 Å². The van der Waals surface area contributed by atoms with Crippen molar-refractivity contribution in [3.05, 3.63) is 62.6 Å². The summed E-state index contributed by atoms with van der Waals surface area (Å²) in [4.78, 5) is 34.4. The molecule has 0 saturated carbocycles. The standard InChI is InChI=1S/C12H8N2O5/c15-11-10(12(16)17)5-8(6-13-11)7-1-3-9(4-2-7)14(18)19/h1-6H,(H,13,15)(H,16,17). The second kappa shape index (κ2) is 4.73. The van der Waals surface area contributed by atoms with Crippen LogP contribution in [-0.4, -0.2) is 21.0 Å². The van der Waals surface area contributed by atoms with Crippen LogP contribution in [0.2, 0.25) is 0 Å². The van der Waals surface area contributed by atoms with Gasteiger partial charge in [0.2, 0.25) is 0 Å². The van der Waals surface area contributed by atoms with E-state index in [1.807, 2.05) is 0 Å². The minimum absolute atomic E-state index is 0.0633. The van der Waals surface area contributed by atoms with Crippen molar-refractivity contribution in [2.45, 2.75) is 0 Å². The average Bonchev–Trinajstić information content (AvgIpc) is 2.39. The predicted molar refractivity (Wildman–Crippen MR) is 66.1 cm³/mol. The summed E-state index contributed by atoms with van der Waals surface area (Å²) < 4.78 is 0. The molecule has 1 aromatic carbocycles. The number of hydrogen-bond donors (Lipinski definition) is 2. The lowest BCUT2D eigenvalue weighted by atomic mass is 10.1. The van der Waals surface area contributed by atoms with E-state index < -0.39 is 16.5 Å². The molecule has 0 amide bonds. The Bertz CT molecular complexity index is 703. The molecule has 2 N–H and O–H groups in total. The molecule has 0 saturated heterocycles. The molecule has 7 heteroatoms. The van der Waals surface area contributed by atoms with Crippen LogP contribution < -0.4 is 5.56 Å². The van der Waals surface area contributed by atoms with E-state index in [9.17, 15) is 19.7 Å². The summed E-state index contributed by atoms with van der Waals surface area (Å²) in [5.74, 6) is -1.33. The Kier molecular flexibility index (Phi) is 3.11. The molecular weight excluding hydrogens is 252 g/mol. The first kappa shape index (κ1) is 12.5. The first-order valence-corrected chi connectivity index (χ1v) is 5.20. The van der Waals surface area contributed by atoms with Gasteiger partial charge in [-0.25, -0.2) is 4.79 Å². The summed E-state index contributed by atoms with van der Waals surface area (Å²) in [6.07, 6.45) is 1.36. The molecule has 96 valence electrons. The highest BCUT2D eigenvalue weighted by molar-refractivity contribution is 5.88. The number of aromatic nitrogens is 1. The number of nitro groups is 1. The maximum absolute atomic E-state index is 11.3. The van der Waals surface area contributed by atoms with Gasteiger partial charge in [0.1, 0.15) is 5.56 Å². The number of aromatic amines is 1. The van der Waals surface area contributed by atoms with E-state index in [0.717, 1.165) is 0 Å². The second-order valence-electron chi connectivity index (χ2n) is 3.74. The van der Waals surface area contributed by atoms with Crippen molar-refractivity contribution in [3.8, 4) is 11.1 Å². The first-order valence-electron chi connectivity index (χ1n) is 5.20. The average molecular weight is 260 g/mol. The Labute approximate surface area is 106 Å². The van der Waals surface area contributed by atoms with Gasteiger partial charge in [0.25, 0.3) is 11.2 Å². The van der Waals surface area contributed by atoms with Gasteiger partial charge >= 0.3 is 5.97 Å². The molecule has 0 unspecified atom stereocenters. The van der Waals surface area contributed by atoms with Crippen molar-refractivity contribution in [1.82, 2.24) is 4.98 Å². The molecule has 0 bridgehead atoms. The molecule has 0 aliphatic heterocycles. The van der Waals surface area contributed by atoms with E-state index >= 15 is 0 Å². The zero-order valence-corrected chi connectivity index (χ0v) is 9.49. The molecule has 0 fully saturated rings. The molecule has 0 aliphatic rings. The minimum Gasteiger partial charge on any atom is -0.477 e. The number of carboxylic acids is 1. The highest BCUT2D eigenvalue weighted by Gasteiger charge is 2.11. The number of pyridine rings is 1. The highest BCUT2D eigenvalue weighted by Crippen LogP contribution is 2.21. The summed E-state index contributed by atoms with van der Waals surface area (Å²) in [5, 5.41) is 19.4. The van der Waals surface area contributed by atoms with Crippen LogP contribution in [0.1, 0.15) is 10.4 Å². The van der Waals surface area contributed by atoms with Crippen molar-refractivity contribution in [1.29, 1.82) is 0 Å². The second-order valence-corrected chi connectivity index (χ2v) is 3.74. The molecule has 2 aromatic rings. The van der Waals surface area contributed by atoms with Gasteiger partial charge in [-0.3, -0.25) is 14.9 Å². The molecule has 0 atom stereocenters. The molecule has 0 aliphatic carbocycles. The van der Waals surface area contributed by atoms with Crippen LogP contribution in [0.3, 0.4) is 0 Å². The summed E-state index contributed by atoms with van der Waals surface area (Å²) >= 11 is 0. The van der Waals surface area contributed by atoms with Crippen LogP contribution in [-0.2, 0) is 0 Å². The molecular formula is C12H8N2O5. The maximum atomic E-state index is 11.3. The lowest BCUT2D eigenvalue weighted by molar-refractivity contribution is -0.384. The number of nitro benzene ring substituents is 1. The predicted octanol–water partition coefficient (Wildman–Crippen LogP) is 1.65. The number of nitrogens with zero attached hydrogens (tertiary/aromatic N) is 1. The van der Waals surface area contributed by atoms with Gasteiger partial charge in [0.15, 0.2) is 0 Å². The molecule has 0 radical (unpaired) electrons.